The van der Waals surface area contributed by atoms with Crippen LogP contribution in [0.5, 0.6) is 5.75 Å². The number of nitrogens with one attached hydrogen (secondary N) is 1. The SMILES string of the molecule is COc1ccc(C(=O)CC2CCNCC2)cc1Br. The van der Waals surface area contributed by atoms with Crippen LogP contribution in [0, 0.1) is 5.92 Å². The Labute approximate surface area is 116 Å². The van der Waals surface area contributed by atoms with Gasteiger partial charge in [-0.1, -0.05) is 0 Å². The highest BCUT2D eigenvalue weighted by molar-refractivity contribution is 9.10. The maximum Gasteiger partial charge on any atom is 0.163 e. The number of ketones is 1. The predicted molar refractivity (Wildman–Crippen MR) is 75.2 cm³/mol. The fraction of sp³-hybridized carbons (Fsp3) is 0.500. The summed E-state index contributed by atoms with van der Waals surface area (Å²) in [7, 11) is 1.62. The molecule has 3 nitrogen and oxygen atoms in total. The maximum absolute atomic E-state index is 12.2. The van der Waals surface area contributed by atoms with E-state index in [1.807, 2.05) is 18.2 Å². The van der Waals surface area contributed by atoms with E-state index in [1.54, 1.807) is 7.11 Å². The third-order valence-electron chi connectivity index (χ3n) is 3.41. The van der Waals surface area contributed by atoms with Crippen LogP contribution < -0.4 is 10.1 Å². The fourth-order valence-electron chi connectivity index (χ4n) is 2.31. The van der Waals surface area contributed by atoms with E-state index in [0.29, 0.717) is 12.3 Å². The monoisotopic (exact) mass is 311 g/mol. The van der Waals surface area contributed by atoms with E-state index in [9.17, 15) is 4.79 Å². The Morgan fingerprint density at radius 1 is 1.44 bits per heavy atom. The minimum atomic E-state index is 0.227. The summed E-state index contributed by atoms with van der Waals surface area (Å²) in [6, 6.07) is 5.52. The molecule has 1 aromatic carbocycles. The average Bonchev–Trinajstić information content (AvgIpc) is 2.39. The summed E-state index contributed by atoms with van der Waals surface area (Å²) in [5.41, 5.74) is 0.765. The van der Waals surface area contributed by atoms with Gasteiger partial charge in [0.05, 0.1) is 11.6 Å². The first-order valence-corrected chi connectivity index (χ1v) is 7.07. The molecule has 0 aromatic heterocycles. The van der Waals surface area contributed by atoms with Crippen LogP contribution in [0.15, 0.2) is 22.7 Å². The molecular formula is C14H18BrNO2. The Morgan fingerprint density at radius 3 is 2.78 bits per heavy atom. The Balaban J connectivity index is 2.01. The lowest BCUT2D eigenvalue weighted by Gasteiger charge is -2.21. The lowest BCUT2D eigenvalue weighted by molar-refractivity contribution is 0.0952. The van der Waals surface area contributed by atoms with E-state index in [-0.39, 0.29) is 5.78 Å². The largest absolute Gasteiger partial charge is 0.496 e. The van der Waals surface area contributed by atoms with Crippen LogP contribution in [0.4, 0.5) is 0 Å². The molecule has 0 unspecified atom stereocenters. The summed E-state index contributed by atoms with van der Waals surface area (Å²) in [6.07, 6.45) is 2.85. The van der Waals surface area contributed by atoms with Crippen molar-refractivity contribution in [1.29, 1.82) is 0 Å². The van der Waals surface area contributed by atoms with E-state index in [2.05, 4.69) is 21.2 Å². The van der Waals surface area contributed by atoms with Gasteiger partial charge in [0.15, 0.2) is 5.78 Å². The Bertz CT molecular complexity index is 428. The molecule has 2 rings (SSSR count). The van der Waals surface area contributed by atoms with Gasteiger partial charge >= 0.3 is 0 Å². The predicted octanol–water partition coefficient (Wildman–Crippen LogP) is 3.03. The molecule has 4 heteroatoms. The van der Waals surface area contributed by atoms with Crippen LogP contribution in [-0.2, 0) is 0 Å². The minimum absolute atomic E-state index is 0.227. The highest BCUT2D eigenvalue weighted by Crippen LogP contribution is 2.27. The zero-order valence-electron chi connectivity index (χ0n) is 10.5. The number of hydrogen-bond donors (Lipinski definition) is 1. The van der Waals surface area contributed by atoms with Crippen molar-refractivity contribution >= 4 is 21.7 Å². The van der Waals surface area contributed by atoms with Crippen LogP contribution in [0.25, 0.3) is 0 Å². The van der Waals surface area contributed by atoms with Gasteiger partial charge in [0, 0.05) is 12.0 Å². The molecule has 0 bridgehead atoms. The number of methoxy groups -OCH3 is 1. The van der Waals surface area contributed by atoms with Crippen molar-refractivity contribution in [2.75, 3.05) is 20.2 Å². The van der Waals surface area contributed by atoms with Gasteiger partial charge in [0.2, 0.25) is 0 Å². The third-order valence-corrected chi connectivity index (χ3v) is 4.03. The molecule has 1 heterocycles. The number of rotatable bonds is 4. The van der Waals surface area contributed by atoms with Gasteiger partial charge in [-0.05, 0) is 66.0 Å². The minimum Gasteiger partial charge on any atom is -0.496 e. The van der Waals surface area contributed by atoms with Crippen LogP contribution >= 0.6 is 15.9 Å². The van der Waals surface area contributed by atoms with Crippen molar-refractivity contribution in [3.63, 3.8) is 0 Å². The molecule has 0 amide bonds. The van der Waals surface area contributed by atoms with Gasteiger partial charge in [0.25, 0.3) is 0 Å². The van der Waals surface area contributed by atoms with Crippen molar-refractivity contribution in [3.8, 4) is 5.75 Å². The second-order valence-electron chi connectivity index (χ2n) is 4.67. The van der Waals surface area contributed by atoms with E-state index in [1.165, 1.54) is 0 Å². The lowest BCUT2D eigenvalue weighted by Crippen LogP contribution is -2.28. The van der Waals surface area contributed by atoms with E-state index >= 15 is 0 Å². The number of ether oxygens (including phenoxy) is 1. The number of Topliss-reactive ketones (excluding diaryl/α,β-unsaturated/α-hetero) is 1. The molecule has 1 saturated heterocycles. The molecule has 0 saturated carbocycles. The normalized spacial score (nSPS) is 16.6. The Morgan fingerprint density at radius 2 is 2.17 bits per heavy atom. The second-order valence-corrected chi connectivity index (χ2v) is 5.52. The molecular weight excluding hydrogens is 294 g/mol. The van der Waals surface area contributed by atoms with Crippen LogP contribution in [0.1, 0.15) is 29.6 Å². The number of hydrogen-bond acceptors (Lipinski definition) is 3. The van der Waals surface area contributed by atoms with Gasteiger partial charge in [-0.15, -0.1) is 0 Å². The number of piperidine rings is 1. The topological polar surface area (TPSA) is 38.3 Å². The molecule has 18 heavy (non-hydrogen) atoms. The average molecular weight is 312 g/mol. The van der Waals surface area contributed by atoms with Crippen molar-refractivity contribution in [2.45, 2.75) is 19.3 Å². The van der Waals surface area contributed by atoms with Crippen LogP contribution in [-0.4, -0.2) is 26.0 Å². The molecule has 0 atom stereocenters. The molecule has 1 aliphatic rings. The molecule has 0 spiro atoms. The first-order valence-electron chi connectivity index (χ1n) is 6.28. The maximum atomic E-state index is 12.2. The van der Waals surface area contributed by atoms with Crippen LogP contribution in [0.2, 0.25) is 0 Å². The van der Waals surface area contributed by atoms with Gasteiger partial charge in [-0.25, -0.2) is 0 Å². The summed E-state index contributed by atoms with van der Waals surface area (Å²) < 4.78 is 6.00. The number of carbonyl (C=O) groups excluding carboxylic acids is 1. The summed E-state index contributed by atoms with van der Waals surface area (Å²) in [6.45, 7) is 2.06. The highest BCUT2D eigenvalue weighted by Gasteiger charge is 2.18. The standard InChI is InChI=1S/C14H18BrNO2/c1-18-14-3-2-11(9-12(14)15)13(17)8-10-4-6-16-7-5-10/h2-3,9-10,16H,4-8H2,1H3. The summed E-state index contributed by atoms with van der Waals surface area (Å²) >= 11 is 3.41. The first-order chi connectivity index (χ1) is 8.70. The Hall–Kier alpha value is -0.870. The van der Waals surface area contributed by atoms with Gasteiger partial charge in [-0.2, -0.15) is 0 Å². The van der Waals surface area contributed by atoms with E-state index in [0.717, 1.165) is 41.7 Å². The molecule has 1 fully saturated rings. The zero-order chi connectivity index (χ0) is 13.0. The molecule has 1 aliphatic heterocycles. The number of carbonyl (C=O) groups is 1. The number of benzene rings is 1. The second kappa shape index (κ2) is 6.34. The zero-order valence-corrected chi connectivity index (χ0v) is 12.1. The van der Waals surface area contributed by atoms with Crippen molar-refractivity contribution in [3.05, 3.63) is 28.2 Å². The van der Waals surface area contributed by atoms with Gasteiger partial charge < -0.3 is 10.1 Å². The Kier molecular flexibility index (Phi) is 4.78. The van der Waals surface area contributed by atoms with Crippen molar-refractivity contribution < 1.29 is 9.53 Å². The van der Waals surface area contributed by atoms with E-state index in [4.69, 9.17) is 4.74 Å². The molecule has 98 valence electrons. The van der Waals surface area contributed by atoms with Gasteiger partial charge in [0.1, 0.15) is 5.75 Å². The lowest BCUT2D eigenvalue weighted by atomic mass is 9.90. The number of halogens is 1. The van der Waals surface area contributed by atoms with E-state index < -0.39 is 0 Å². The smallest absolute Gasteiger partial charge is 0.163 e. The third kappa shape index (κ3) is 3.33. The summed E-state index contributed by atoms with van der Waals surface area (Å²) in [5.74, 6) is 1.51. The summed E-state index contributed by atoms with van der Waals surface area (Å²) in [4.78, 5) is 12.2. The molecule has 1 aromatic rings. The highest BCUT2D eigenvalue weighted by atomic mass is 79.9. The van der Waals surface area contributed by atoms with Crippen molar-refractivity contribution in [2.24, 2.45) is 5.92 Å². The van der Waals surface area contributed by atoms with Crippen molar-refractivity contribution in [1.82, 2.24) is 5.32 Å². The molecule has 0 radical (unpaired) electrons. The van der Waals surface area contributed by atoms with Gasteiger partial charge in [-0.3, -0.25) is 4.79 Å². The quantitative estimate of drug-likeness (QED) is 0.869. The molecule has 1 N–H and O–H groups in total. The fourth-order valence-corrected chi connectivity index (χ4v) is 2.85. The first kappa shape index (κ1) is 13.6. The van der Waals surface area contributed by atoms with Crippen LogP contribution in [0.3, 0.4) is 0 Å². The summed E-state index contributed by atoms with van der Waals surface area (Å²) in [5, 5.41) is 3.32. The molecule has 0 aliphatic carbocycles.